The number of hydrogen-bond donors (Lipinski definition) is 3. The molecular formula is C20H32NaO5+. The summed E-state index contributed by atoms with van der Waals surface area (Å²) in [4.78, 5) is 11.8. The Hall–Kier alpha value is -0.330. The van der Waals surface area contributed by atoms with Crippen molar-refractivity contribution in [1.82, 2.24) is 0 Å². The third-order valence-corrected chi connectivity index (χ3v) is 7.31. The van der Waals surface area contributed by atoms with Gasteiger partial charge in [0, 0.05) is 5.41 Å². The second-order valence-electron chi connectivity index (χ2n) is 8.57. The zero-order chi connectivity index (χ0) is 18.4. The van der Waals surface area contributed by atoms with E-state index in [9.17, 15) is 20.1 Å². The number of hydrogen-bond acceptors (Lipinski definition) is 5. The van der Waals surface area contributed by atoms with E-state index in [2.05, 4.69) is 13.5 Å². The Morgan fingerprint density at radius 2 is 2.08 bits per heavy atom. The van der Waals surface area contributed by atoms with Crippen molar-refractivity contribution in [1.29, 1.82) is 0 Å². The molecule has 3 aliphatic rings. The molecule has 6 heteroatoms. The van der Waals surface area contributed by atoms with E-state index in [4.69, 9.17) is 4.74 Å². The molecule has 5 nitrogen and oxygen atoms in total. The Balaban J connectivity index is 0.00000243. The third-order valence-electron chi connectivity index (χ3n) is 7.31. The number of aliphatic hydroxyl groups excluding tert-OH is 3. The van der Waals surface area contributed by atoms with Crippen LogP contribution in [0.1, 0.15) is 55.2 Å². The van der Waals surface area contributed by atoms with Crippen LogP contribution in [0.3, 0.4) is 0 Å². The quantitative estimate of drug-likeness (QED) is 0.369. The van der Waals surface area contributed by atoms with Gasteiger partial charge in [-0.3, -0.25) is 0 Å². The zero-order valence-corrected chi connectivity index (χ0v) is 18.3. The van der Waals surface area contributed by atoms with Gasteiger partial charge in [0.2, 0.25) is 0 Å². The summed E-state index contributed by atoms with van der Waals surface area (Å²) in [5, 5.41) is 30.4. The molecule has 0 radical (unpaired) electrons. The first-order chi connectivity index (χ1) is 11.7. The maximum atomic E-state index is 11.8. The molecule has 0 aromatic rings. The van der Waals surface area contributed by atoms with E-state index in [0.29, 0.717) is 18.4 Å². The number of rotatable bonds is 4. The number of fused-ring (bicyclic) bond motifs is 1. The average Bonchev–Trinajstić information content (AvgIpc) is 2.89. The molecule has 142 valence electrons. The van der Waals surface area contributed by atoms with Crippen LogP contribution < -0.4 is 29.6 Å². The van der Waals surface area contributed by atoms with Crippen molar-refractivity contribution < 1.29 is 57.3 Å². The van der Waals surface area contributed by atoms with Gasteiger partial charge in [0.15, 0.2) is 0 Å². The van der Waals surface area contributed by atoms with Crippen LogP contribution >= 0.6 is 0 Å². The Kier molecular flexibility index (Phi) is 6.72. The van der Waals surface area contributed by atoms with E-state index < -0.39 is 17.5 Å². The molecule has 0 saturated heterocycles. The zero-order valence-electron chi connectivity index (χ0n) is 18.3. The molecule has 0 unspecified atom stereocenters. The van der Waals surface area contributed by atoms with Gasteiger partial charge >= 0.3 is 37.0 Å². The molecule has 1 aliphatic heterocycles. The van der Waals surface area contributed by atoms with Crippen molar-refractivity contribution >= 4 is 5.97 Å². The summed E-state index contributed by atoms with van der Waals surface area (Å²) >= 11 is 0. The van der Waals surface area contributed by atoms with Gasteiger partial charge in [-0.1, -0.05) is 26.0 Å². The number of ether oxygens (including phenoxy) is 1. The topological polar surface area (TPSA) is 87.0 Å². The number of esters is 1. The van der Waals surface area contributed by atoms with Crippen LogP contribution in [-0.2, 0) is 9.53 Å². The molecule has 3 N–H and O–H groups in total. The van der Waals surface area contributed by atoms with Gasteiger partial charge in [0.05, 0.1) is 18.3 Å². The van der Waals surface area contributed by atoms with Gasteiger partial charge in [0.1, 0.15) is 12.4 Å². The van der Waals surface area contributed by atoms with E-state index >= 15 is 0 Å². The maximum Gasteiger partial charge on any atom is 1.00 e. The van der Waals surface area contributed by atoms with Crippen LogP contribution in [0.4, 0.5) is 0 Å². The Morgan fingerprint density at radius 3 is 2.65 bits per heavy atom. The monoisotopic (exact) mass is 375 g/mol. The summed E-state index contributed by atoms with van der Waals surface area (Å²) in [6, 6.07) is 0. The Morgan fingerprint density at radius 1 is 1.38 bits per heavy atom. The summed E-state index contributed by atoms with van der Waals surface area (Å²) in [6.07, 6.45) is 4.09. The molecule has 1 heterocycles. The molecule has 0 amide bonds. The third kappa shape index (κ3) is 3.42. The Labute approximate surface area is 180 Å². The number of cyclic esters (lactones) is 1. The minimum Gasteiger partial charge on any atom is -1.00 e. The van der Waals surface area contributed by atoms with Gasteiger partial charge in [-0.05, 0) is 55.8 Å². The summed E-state index contributed by atoms with van der Waals surface area (Å²) in [6.45, 7) is 8.48. The van der Waals surface area contributed by atoms with E-state index in [0.717, 1.165) is 25.7 Å². The second kappa shape index (κ2) is 7.96. The largest absolute Gasteiger partial charge is 1.00 e. The normalized spacial score (nSPS) is 40.1. The first-order valence-corrected chi connectivity index (χ1v) is 9.28. The van der Waals surface area contributed by atoms with Crippen molar-refractivity contribution in [3.05, 3.63) is 23.5 Å². The first kappa shape index (κ1) is 22.0. The van der Waals surface area contributed by atoms with Crippen LogP contribution in [0.25, 0.3) is 0 Å². The molecule has 3 rings (SSSR count). The molecule has 0 bridgehead atoms. The summed E-state index contributed by atoms with van der Waals surface area (Å²) < 4.78 is 4.89. The van der Waals surface area contributed by atoms with E-state index in [1.165, 1.54) is 5.57 Å². The second-order valence-corrected chi connectivity index (χ2v) is 8.57. The predicted molar refractivity (Wildman–Crippen MR) is 96.0 cm³/mol. The molecule has 0 spiro atoms. The molecular weight excluding hydrogens is 343 g/mol. The number of aliphatic hydroxyl groups is 3. The minimum atomic E-state index is -0.500. The predicted octanol–water partition coefficient (Wildman–Crippen LogP) is 0.107. The summed E-state index contributed by atoms with van der Waals surface area (Å²) in [5.41, 5.74) is 1.01. The van der Waals surface area contributed by atoms with Crippen LogP contribution in [-0.4, -0.2) is 40.6 Å². The molecule has 0 aromatic carbocycles. The van der Waals surface area contributed by atoms with Gasteiger partial charge in [-0.2, -0.15) is 0 Å². The van der Waals surface area contributed by atoms with E-state index in [-0.39, 0.29) is 68.6 Å². The van der Waals surface area contributed by atoms with Gasteiger partial charge in [-0.25, -0.2) is 4.79 Å². The maximum absolute atomic E-state index is 11.8. The summed E-state index contributed by atoms with van der Waals surface area (Å²) in [5.74, 6) is 0.0490. The smallest absolute Gasteiger partial charge is 1.00 e. The van der Waals surface area contributed by atoms with Crippen molar-refractivity contribution in [3.8, 4) is 0 Å². The van der Waals surface area contributed by atoms with Gasteiger partial charge in [0.25, 0.3) is 0 Å². The number of allylic oxidation sites excluding steroid dienone is 1. The van der Waals surface area contributed by atoms with Crippen molar-refractivity contribution in [3.63, 3.8) is 0 Å². The Bertz CT molecular complexity index is 626. The van der Waals surface area contributed by atoms with Crippen molar-refractivity contribution in [2.75, 3.05) is 13.2 Å². The summed E-state index contributed by atoms with van der Waals surface area (Å²) in [7, 11) is 0. The SMILES string of the molecule is C=C1CC[C@@H]2[C@](C)(CO)[C@H](O)CC[C@@]2(C)[C@@H]1CCC1=C(O)COC1=O.[H+].[H-].[Na+]. The number of carbonyl (C=O) groups excluding carboxylic acids is 1. The molecule has 0 aromatic heterocycles. The molecule has 2 saturated carbocycles. The molecule has 2 aliphatic carbocycles. The fourth-order valence-corrected chi connectivity index (χ4v) is 5.69. The molecule has 26 heavy (non-hydrogen) atoms. The average molecular weight is 375 g/mol. The van der Waals surface area contributed by atoms with E-state index in [1.54, 1.807) is 0 Å². The fraction of sp³-hybridized carbons (Fsp3) is 0.750. The molecule has 5 atom stereocenters. The van der Waals surface area contributed by atoms with E-state index in [1.807, 2.05) is 6.92 Å². The fourth-order valence-electron chi connectivity index (χ4n) is 5.69. The first-order valence-electron chi connectivity index (χ1n) is 9.28. The van der Waals surface area contributed by atoms with Crippen LogP contribution in [0.15, 0.2) is 23.5 Å². The van der Waals surface area contributed by atoms with Crippen molar-refractivity contribution in [2.45, 2.75) is 58.5 Å². The standard InChI is InChI=1S/C20H30O5.Na.H/c1-12-4-7-16-19(2,9-8-17(23)20(16,3)11-21)14(12)6-5-13-15(22)10-25-18(13)24;;/h14,16-17,21-23H,1,4-11H2,2-3H3;;/q;+1;-1/p+1/t14-,16+,17-,19+,20+;;/m1../s1. The van der Waals surface area contributed by atoms with Crippen molar-refractivity contribution in [2.24, 2.45) is 22.7 Å². The number of carbonyl (C=O) groups is 1. The molecule has 2 fully saturated rings. The van der Waals surface area contributed by atoms with Crippen LogP contribution in [0.5, 0.6) is 0 Å². The van der Waals surface area contributed by atoms with Gasteiger partial charge in [-0.15, -0.1) is 0 Å². The van der Waals surface area contributed by atoms with Crippen LogP contribution in [0.2, 0.25) is 0 Å². The van der Waals surface area contributed by atoms with Gasteiger partial charge < -0.3 is 21.5 Å². The minimum absolute atomic E-state index is 0. The van der Waals surface area contributed by atoms with Crippen LogP contribution in [0, 0.1) is 22.7 Å².